The smallest absolute Gasteiger partial charge is 0.191 e. The molecule has 0 bridgehead atoms. The first-order chi connectivity index (χ1) is 13.3. The molecule has 0 unspecified atom stereocenters. The lowest BCUT2D eigenvalue weighted by molar-refractivity contribution is 0.678. The number of guanidine groups is 1. The summed E-state index contributed by atoms with van der Waals surface area (Å²) in [4.78, 5) is 4.34. The van der Waals surface area contributed by atoms with Crippen LogP contribution in [0.15, 0.2) is 84.1 Å². The zero-order chi connectivity index (χ0) is 18.9. The lowest BCUT2D eigenvalue weighted by Crippen LogP contribution is -2.37. The number of benzene rings is 2. The zero-order valence-electron chi connectivity index (χ0n) is 16.5. The molecule has 3 aromatic rings. The van der Waals surface area contributed by atoms with Crippen LogP contribution < -0.4 is 10.6 Å². The first-order valence-electron chi connectivity index (χ1n) is 9.41. The molecule has 2 aromatic carbocycles. The van der Waals surface area contributed by atoms with Crippen LogP contribution in [0.3, 0.4) is 0 Å². The van der Waals surface area contributed by atoms with Gasteiger partial charge in [0.25, 0.3) is 0 Å². The summed E-state index contributed by atoms with van der Waals surface area (Å²) in [5, 5.41) is 6.83. The Morgan fingerprint density at radius 3 is 2.04 bits per heavy atom. The highest BCUT2D eigenvalue weighted by molar-refractivity contribution is 14.0. The van der Waals surface area contributed by atoms with Gasteiger partial charge in [0.05, 0.1) is 0 Å². The Kier molecular flexibility index (Phi) is 9.07. The van der Waals surface area contributed by atoms with Crippen molar-refractivity contribution in [1.82, 2.24) is 15.2 Å². The number of nitrogens with one attached hydrogen (secondary N) is 2. The van der Waals surface area contributed by atoms with E-state index in [-0.39, 0.29) is 24.0 Å². The molecule has 0 amide bonds. The third-order valence-corrected chi connectivity index (χ3v) is 4.71. The van der Waals surface area contributed by atoms with Crippen LogP contribution in [0.4, 0.5) is 0 Å². The third-order valence-electron chi connectivity index (χ3n) is 4.71. The van der Waals surface area contributed by atoms with Gasteiger partial charge in [-0.15, -0.1) is 24.0 Å². The van der Waals surface area contributed by atoms with Crippen molar-refractivity contribution in [3.63, 3.8) is 0 Å². The standard InChI is InChI=1S/C23H28N4.HI/c1-24-23(26-17-19-14-16-27(2)18-19)25-15-13-22(20-9-5-3-6-10-20)21-11-7-4-8-12-21;/h3-12,14,16,18,22H,13,15,17H2,1-2H3,(H2,24,25,26);1H. The normalized spacial score (nSPS) is 11.2. The Balaban J connectivity index is 0.00000280. The topological polar surface area (TPSA) is 41.4 Å². The summed E-state index contributed by atoms with van der Waals surface area (Å²) in [6.45, 7) is 1.62. The molecule has 0 aliphatic rings. The highest BCUT2D eigenvalue weighted by Crippen LogP contribution is 2.27. The summed E-state index contributed by atoms with van der Waals surface area (Å²) in [7, 11) is 3.84. The number of aliphatic imine (C=N–C) groups is 1. The first kappa shape index (κ1) is 22.0. The molecule has 5 heteroatoms. The molecule has 3 rings (SSSR count). The number of hydrogen-bond acceptors (Lipinski definition) is 1. The minimum absolute atomic E-state index is 0. The van der Waals surface area contributed by atoms with Crippen molar-refractivity contribution < 1.29 is 0 Å². The summed E-state index contributed by atoms with van der Waals surface area (Å²) in [5.41, 5.74) is 3.93. The van der Waals surface area contributed by atoms with Gasteiger partial charge in [0.15, 0.2) is 5.96 Å². The van der Waals surface area contributed by atoms with Gasteiger partial charge in [-0.1, -0.05) is 60.7 Å². The molecule has 0 radical (unpaired) electrons. The molecule has 0 aliphatic carbocycles. The van der Waals surface area contributed by atoms with Gasteiger partial charge >= 0.3 is 0 Å². The van der Waals surface area contributed by atoms with E-state index in [9.17, 15) is 0 Å². The fourth-order valence-corrected chi connectivity index (χ4v) is 3.30. The van der Waals surface area contributed by atoms with Crippen LogP contribution in [0, 0.1) is 0 Å². The number of halogens is 1. The summed E-state index contributed by atoms with van der Waals surface area (Å²) < 4.78 is 2.05. The van der Waals surface area contributed by atoms with E-state index in [1.165, 1.54) is 16.7 Å². The van der Waals surface area contributed by atoms with Crippen molar-refractivity contribution in [3.05, 3.63) is 95.8 Å². The molecule has 148 valence electrons. The second-order valence-electron chi connectivity index (χ2n) is 6.70. The van der Waals surface area contributed by atoms with Crippen molar-refractivity contribution in [3.8, 4) is 0 Å². The molecular formula is C23H29IN4. The lowest BCUT2D eigenvalue weighted by Gasteiger charge is -2.19. The van der Waals surface area contributed by atoms with Crippen LogP contribution in [-0.4, -0.2) is 24.1 Å². The second kappa shape index (κ2) is 11.5. The quantitative estimate of drug-likeness (QED) is 0.292. The average molecular weight is 488 g/mol. The largest absolute Gasteiger partial charge is 0.357 e. The van der Waals surface area contributed by atoms with Gasteiger partial charge in [0.2, 0.25) is 0 Å². The molecule has 28 heavy (non-hydrogen) atoms. The van der Waals surface area contributed by atoms with E-state index in [0.29, 0.717) is 5.92 Å². The van der Waals surface area contributed by atoms with E-state index in [2.05, 4.69) is 99.3 Å². The average Bonchev–Trinajstić information content (AvgIpc) is 3.14. The first-order valence-corrected chi connectivity index (χ1v) is 9.41. The zero-order valence-corrected chi connectivity index (χ0v) is 18.8. The third kappa shape index (κ3) is 6.41. The van der Waals surface area contributed by atoms with Crippen molar-refractivity contribution in [1.29, 1.82) is 0 Å². The maximum Gasteiger partial charge on any atom is 0.191 e. The molecule has 1 heterocycles. The van der Waals surface area contributed by atoms with Gasteiger partial charge in [-0.25, -0.2) is 0 Å². The molecular weight excluding hydrogens is 459 g/mol. The van der Waals surface area contributed by atoms with Crippen LogP contribution in [0.2, 0.25) is 0 Å². The summed E-state index contributed by atoms with van der Waals surface area (Å²) in [6.07, 6.45) is 5.17. The summed E-state index contributed by atoms with van der Waals surface area (Å²) in [6, 6.07) is 23.5. The Morgan fingerprint density at radius 2 is 1.54 bits per heavy atom. The van der Waals surface area contributed by atoms with Gasteiger partial charge in [0, 0.05) is 45.5 Å². The molecule has 0 spiro atoms. The number of hydrogen-bond donors (Lipinski definition) is 2. The van der Waals surface area contributed by atoms with E-state index in [4.69, 9.17) is 0 Å². The van der Waals surface area contributed by atoms with Crippen LogP contribution >= 0.6 is 24.0 Å². The van der Waals surface area contributed by atoms with Gasteiger partial charge in [-0.3, -0.25) is 4.99 Å². The molecule has 4 nitrogen and oxygen atoms in total. The second-order valence-corrected chi connectivity index (χ2v) is 6.70. The molecule has 0 fully saturated rings. The molecule has 2 N–H and O–H groups in total. The van der Waals surface area contributed by atoms with E-state index < -0.39 is 0 Å². The highest BCUT2D eigenvalue weighted by atomic mass is 127. The van der Waals surface area contributed by atoms with E-state index in [1.807, 2.05) is 14.1 Å². The van der Waals surface area contributed by atoms with Gasteiger partial charge in [-0.05, 0) is 29.2 Å². The van der Waals surface area contributed by atoms with Crippen LogP contribution in [0.5, 0.6) is 0 Å². The van der Waals surface area contributed by atoms with Crippen molar-refractivity contribution in [2.75, 3.05) is 13.6 Å². The van der Waals surface area contributed by atoms with E-state index in [1.54, 1.807) is 0 Å². The van der Waals surface area contributed by atoms with Crippen molar-refractivity contribution in [2.24, 2.45) is 12.0 Å². The highest BCUT2D eigenvalue weighted by Gasteiger charge is 2.13. The molecule has 0 saturated heterocycles. The monoisotopic (exact) mass is 488 g/mol. The number of aromatic nitrogens is 1. The Morgan fingerprint density at radius 1 is 0.929 bits per heavy atom. The van der Waals surface area contributed by atoms with E-state index in [0.717, 1.165) is 25.5 Å². The Bertz CT molecular complexity index is 804. The maximum absolute atomic E-state index is 4.34. The predicted octanol–water partition coefficient (Wildman–Crippen LogP) is 4.53. The van der Waals surface area contributed by atoms with Crippen LogP contribution in [0.25, 0.3) is 0 Å². The van der Waals surface area contributed by atoms with Crippen molar-refractivity contribution in [2.45, 2.75) is 18.9 Å². The predicted molar refractivity (Wildman–Crippen MR) is 128 cm³/mol. The minimum Gasteiger partial charge on any atom is -0.357 e. The molecule has 0 atom stereocenters. The van der Waals surface area contributed by atoms with Crippen LogP contribution in [0.1, 0.15) is 29.0 Å². The summed E-state index contributed by atoms with van der Waals surface area (Å²) >= 11 is 0. The van der Waals surface area contributed by atoms with Gasteiger partial charge in [-0.2, -0.15) is 0 Å². The van der Waals surface area contributed by atoms with Crippen molar-refractivity contribution >= 4 is 29.9 Å². The fraction of sp³-hybridized carbons (Fsp3) is 0.261. The number of nitrogens with zero attached hydrogens (tertiary/aromatic N) is 2. The molecule has 0 aliphatic heterocycles. The maximum atomic E-state index is 4.34. The Labute approximate surface area is 185 Å². The lowest BCUT2D eigenvalue weighted by atomic mass is 9.88. The minimum atomic E-state index is 0. The SMILES string of the molecule is CN=C(NCCC(c1ccccc1)c1ccccc1)NCc1ccn(C)c1.I. The Hall–Kier alpha value is -2.28. The summed E-state index contributed by atoms with van der Waals surface area (Å²) in [5.74, 6) is 1.20. The number of aryl methyl sites for hydroxylation is 1. The fourth-order valence-electron chi connectivity index (χ4n) is 3.30. The van der Waals surface area contributed by atoms with Gasteiger partial charge in [0.1, 0.15) is 0 Å². The van der Waals surface area contributed by atoms with Gasteiger partial charge < -0.3 is 15.2 Å². The number of rotatable bonds is 7. The van der Waals surface area contributed by atoms with Crippen LogP contribution in [-0.2, 0) is 13.6 Å². The molecule has 0 saturated carbocycles. The molecule has 1 aromatic heterocycles. The van der Waals surface area contributed by atoms with E-state index >= 15 is 0 Å².